The van der Waals surface area contributed by atoms with Gasteiger partial charge in [-0.2, -0.15) is 0 Å². The summed E-state index contributed by atoms with van der Waals surface area (Å²) in [6.45, 7) is 4.97. The van der Waals surface area contributed by atoms with Crippen molar-refractivity contribution >= 4 is 16.9 Å². The van der Waals surface area contributed by atoms with E-state index >= 15 is 0 Å². The highest BCUT2D eigenvalue weighted by Gasteiger charge is 2.59. The zero-order valence-corrected chi connectivity index (χ0v) is 35.1. The van der Waals surface area contributed by atoms with Gasteiger partial charge in [0.25, 0.3) is 0 Å². The Bertz CT molecular complexity index is 2700. The van der Waals surface area contributed by atoms with Crippen LogP contribution in [0.4, 0.5) is 11.4 Å². The Morgan fingerprint density at radius 3 is 2.53 bits per heavy atom. The molecular formula is C58H55NO. The van der Waals surface area contributed by atoms with E-state index in [4.69, 9.17) is 4.74 Å². The number of nitrogens with zero attached hydrogens (tertiary/aromatic N) is 1. The van der Waals surface area contributed by atoms with Crippen molar-refractivity contribution in [3.63, 3.8) is 0 Å². The molecule has 13 rings (SSSR count). The van der Waals surface area contributed by atoms with Gasteiger partial charge in [0, 0.05) is 41.6 Å². The van der Waals surface area contributed by atoms with Gasteiger partial charge in [0.05, 0.1) is 5.41 Å². The van der Waals surface area contributed by atoms with Crippen LogP contribution in [0.25, 0.3) is 5.57 Å². The molecule has 0 radical (unpaired) electrons. The smallest absolute Gasteiger partial charge is 0.125 e. The van der Waals surface area contributed by atoms with Gasteiger partial charge in [0.15, 0.2) is 0 Å². The Balaban J connectivity index is 1.04. The number of hydrogen-bond donors (Lipinski definition) is 0. The van der Waals surface area contributed by atoms with Gasteiger partial charge in [-0.1, -0.05) is 129 Å². The Morgan fingerprint density at radius 1 is 0.717 bits per heavy atom. The van der Waals surface area contributed by atoms with Crippen molar-refractivity contribution in [1.82, 2.24) is 0 Å². The predicted molar refractivity (Wildman–Crippen MR) is 246 cm³/mol. The first-order chi connectivity index (χ1) is 29.5. The summed E-state index contributed by atoms with van der Waals surface area (Å²) in [5.74, 6) is 3.22. The second kappa shape index (κ2) is 13.1. The lowest BCUT2D eigenvalue weighted by molar-refractivity contribution is 0.132. The van der Waals surface area contributed by atoms with Crippen LogP contribution in [0, 0.1) is 17.8 Å². The zero-order valence-electron chi connectivity index (χ0n) is 35.1. The minimum atomic E-state index is -0.261. The largest absolute Gasteiger partial charge is 0.490 e. The molecule has 60 heavy (non-hydrogen) atoms. The number of ether oxygens (including phenoxy) is 1. The molecule has 0 saturated heterocycles. The van der Waals surface area contributed by atoms with Crippen LogP contribution in [0.15, 0.2) is 174 Å². The summed E-state index contributed by atoms with van der Waals surface area (Å²) in [5, 5.41) is 0. The van der Waals surface area contributed by atoms with Gasteiger partial charge in [-0.25, -0.2) is 0 Å². The van der Waals surface area contributed by atoms with Crippen molar-refractivity contribution in [3.8, 4) is 0 Å². The fourth-order valence-electron chi connectivity index (χ4n) is 14.2. The zero-order chi connectivity index (χ0) is 39.7. The van der Waals surface area contributed by atoms with E-state index in [2.05, 4.69) is 164 Å². The van der Waals surface area contributed by atoms with E-state index in [0.29, 0.717) is 23.7 Å². The molecule has 10 aliphatic rings. The highest BCUT2D eigenvalue weighted by Crippen LogP contribution is 2.68. The van der Waals surface area contributed by atoms with Crippen molar-refractivity contribution in [3.05, 3.63) is 207 Å². The molecule has 0 bridgehead atoms. The Hall–Kier alpha value is -5.34. The summed E-state index contributed by atoms with van der Waals surface area (Å²) in [5.41, 5.74) is 18.9. The van der Waals surface area contributed by atoms with Crippen LogP contribution in [-0.4, -0.2) is 12.1 Å². The number of fused-ring (bicyclic) bond motifs is 15. The van der Waals surface area contributed by atoms with Crippen molar-refractivity contribution in [1.29, 1.82) is 0 Å². The van der Waals surface area contributed by atoms with Crippen molar-refractivity contribution in [2.45, 2.75) is 106 Å². The van der Waals surface area contributed by atoms with Crippen LogP contribution in [0.2, 0.25) is 0 Å². The van der Waals surface area contributed by atoms with E-state index in [1.807, 2.05) is 0 Å². The topological polar surface area (TPSA) is 12.5 Å². The lowest BCUT2D eigenvalue weighted by Crippen LogP contribution is -2.43. The SMILES string of the molecule is CC1(C)c2ccc(N(c3ccc4c(c3)C3(C5=CCCC=C5c5ccccc53)C3C=C(C5=CC=CCC5)C=CC43)C3CC=CC4OC5=C(C=CCC5)C43)cc2C2CCC=CC21. The molecule has 298 valence electrons. The van der Waals surface area contributed by atoms with Gasteiger partial charge in [-0.3, -0.25) is 0 Å². The van der Waals surface area contributed by atoms with Gasteiger partial charge in [-0.15, -0.1) is 0 Å². The third-order valence-electron chi connectivity index (χ3n) is 16.7. The van der Waals surface area contributed by atoms with Gasteiger partial charge < -0.3 is 9.64 Å². The number of anilines is 2. The average molecular weight is 782 g/mol. The molecule has 1 heterocycles. The third-order valence-corrected chi connectivity index (χ3v) is 16.7. The minimum absolute atomic E-state index is 0.0725. The second-order valence-corrected chi connectivity index (χ2v) is 19.8. The lowest BCUT2D eigenvalue weighted by Gasteiger charge is -2.42. The van der Waals surface area contributed by atoms with Crippen molar-refractivity contribution in [2.75, 3.05) is 4.90 Å². The molecule has 2 nitrogen and oxygen atoms in total. The van der Waals surface area contributed by atoms with E-state index in [1.54, 1.807) is 16.7 Å². The Kier molecular flexibility index (Phi) is 7.72. The fourth-order valence-corrected chi connectivity index (χ4v) is 14.2. The highest BCUT2D eigenvalue weighted by molar-refractivity contribution is 5.94. The highest BCUT2D eigenvalue weighted by atomic mass is 16.5. The minimum Gasteiger partial charge on any atom is -0.490 e. The van der Waals surface area contributed by atoms with E-state index in [0.717, 1.165) is 44.9 Å². The molecule has 8 unspecified atom stereocenters. The monoisotopic (exact) mass is 781 g/mol. The maximum atomic E-state index is 6.84. The number of allylic oxidation sites excluding steroid dienone is 17. The van der Waals surface area contributed by atoms with E-state index in [-0.39, 0.29) is 28.9 Å². The van der Waals surface area contributed by atoms with Gasteiger partial charge in [-0.05, 0) is 160 Å². The summed E-state index contributed by atoms with van der Waals surface area (Å²) in [6.07, 6.45) is 44.4. The summed E-state index contributed by atoms with van der Waals surface area (Å²) in [4.78, 5) is 2.79. The van der Waals surface area contributed by atoms with Crippen LogP contribution < -0.4 is 4.90 Å². The molecular weight excluding hydrogens is 727 g/mol. The number of benzene rings is 3. The summed E-state index contributed by atoms with van der Waals surface area (Å²) in [6, 6.07) is 25.1. The molecule has 3 aromatic rings. The number of hydrogen-bond acceptors (Lipinski definition) is 2. The summed E-state index contributed by atoms with van der Waals surface area (Å²) >= 11 is 0. The van der Waals surface area contributed by atoms with Crippen LogP contribution in [0.1, 0.15) is 117 Å². The number of rotatable bonds is 4. The first kappa shape index (κ1) is 35.4. The van der Waals surface area contributed by atoms with E-state index in [9.17, 15) is 0 Å². The third kappa shape index (κ3) is 4.77. The van der Waals surface area contributed by atoms with Gasteiger partial charge in [0.2, 0.25) is 0 Å². The molecule has 8 atom stereocenters. The maximum Gasteiger partial charge on any atom is 0.125 e. The van der Waals surface area contributed by atoms with E-state index < -0.39 is 0 Å². The normalized spacial score (nSPS) is 32.7. The van der Waals surface area contributed by atoms with Gasteiger partial charge >= 0.3 is 0 Å². The van der Waals surface area contributed by atoms with Crippen LogP contribution in [0.5, 0.6) is 0 Å². The van der Waals surface area contributed by atoms with Crippen LogP contribution in [0.3, 0.4) is 0 Å². The Morgan fingerprint density at radius 2 is 1.60 bits per heavy atom. The quantitative estimate of drug-likeness (QED) is 0.245. The first-order valence-corrected chi connectivity index (χ1v) is 23.3. The average Bonchev–Trinajstić information content (AvgIpc) is 3.99. The molecule has 9 aliphatic carbocycles. The molecule has 0 fully saturated rings. The molecule has 0 N–H and O–H groups in total. The van der Waals surface area contributed by atoms with Crippen LogP contribution in [-0.2, 0) is 15.6 Å². The van der Waals surface area contributed by atoms with Crippen molar-refractivity contribution < 1.29 is 4.74 Å². The molecule has 0 saturated carbocycles. The molecule has 0 aromatic heterocycles. The molecule has 0 amide bonds. The standard InChI is InChI=1S/C58H55NO/c1-57(2)47-21-10-6-19-42(47)46-34-38(29-32-48(46)57)59(53-24-14-26-55-56(53)45-20-9-13-25-54(45)60-55)39-28-31-44-43-30-27-37(36-15-4-3-5-16-36)33-51(43)58(52(44)35-39)49-22-11-7-17-40(49)41-18-8-12-23-50(41)58/h3-4,7,9-11,14-15,17-18,20-23,26-35,42-43,47,51,53,55-56H,5-6,8,12-13,16,19,24-25H2,1-2H3. The summed E-state index contributed by atoms with van der Waals surface area (Å²) in [7, 11) is 0. The molecule has 2 heteroatoms. The van der Waals surface area contributed by atoms with E-state index in [1.165, 1.54) is 74.5 Å². The second-order valence-electron chi connectivity index (χ2n) is 19.8. The Labute approximate surface area is 356 Å². The molecule has 1 spiro atoms. The first-order valence-electron chi connectivity index (χ1n) is 23.3. The molecule has 1 aliphatic heterocycles. The lowest BCUT2D eigenvalue weighted by atomic mass is 9.64. The van der Waals surface area contributed by atoms with Crippen molar-refractivity contribution in [2.24, 2.45) is 17.8 Å². The fraction of sp³-hybridized carbons (Fsp3) is 0.345. The molecule has 3 aromatic carbocycles. The predicted octanol–water partition coefficient (Wildman–Crippen LogP) is 14.0. The summed E-state index contributed by atoms with van der Waals surface area (Å²) < 4.78 is 6.84. The van der Waals surface area contributed by atoms with Gasteiger partial charge in [0.1, 0.15) is 11.9 Å². The maximum absolute atomic E-state index is 6.84. The van der Waals surface area contributed by atoms with Crippen LogP contribution >= 0.6 is 0 Å².